The van der Waals surface area contributed by atoms with Crippen LogP contribution in [0.2, 0.25) is 0 Å². The number of aromatic amines is 1. The molecule has 0 bridgehead atoms. The van der Waals surface area contributed by atoms with Gasteiger partial charge >= 0.3 is 0 Å². The minimum atomic E-state index is 0.000113. The van der Waals surface area contributed by atoms with E-state index in [4.69, 9.17) is 0 Å². The number of carbonyl (C=O) groups excluding carboxylic acids is 1. The van der Waals surface area contributed by atoms with Gasteiger partial charge in [-0.05, 0) is 57.3 Å². The van der Waals surface area contributed by atoms with Gasteiger partial charge in [0, 0.05) is 25.2 Å². The predicted molar refractivity (Wildman–Crippen MR) is 98.7 cm³/mol. The zero-order valence-corrected chi connectivity index (χ0v) is 14.6. The number of para-hydroxylation sites is 1. The zero-order valence-electron chi connectivity index (χ0n) is 14.6. The highest BCUT2D eigenvalue weighted by atomic mass is 16.1. The first-order valence-electron chi connectivity index (χ1n) is 9.49. The van der Waals surface area contributed by atoms with Crippen LogP contribution < -0.4 is 10.6 Å². The summed E-state index contributed by atoms with van der Waals surface area (Å²) in [5.41, 5.74) is 2.33. The molecule has 1 saturated carbocycles. The van der Waals surface area contributed by atoms with Crippen molar-refractivity contribution in [1.82, 2.24) is 25.5 Å². The van der Waals surface area contributed by atoms with Gasteiger partial charge in [0.25, 0.3) is 5.91 Å². The molecule has 1 aliphatic heterocycles. The van der Waals surface area contributed by atoms with E-state index in [-0.39, 0.29) is 11.9 Å². The van der Waals surface area contributed by atoms with Crippen LogP contribution in [0.25, 0.3) is 11.0 Å². The molecule has 1 aromatic carbocycles. The van der Waals surface area contributed by atoms with Gasteiger partial charge in [0.15, 0.2) is 0 Å². The summed E-state index contributed by atoms with van der Waals surface area (Å²) in [5.74, 6) is 0.000113. The van der Waals surface area contributed by atoms with Gasteiger partial charge in [-0.1, -0.05) is 6.07 Å². The number of aromatic nitrogens is 2. The number of nitrogens with zero attached hydrogens (tertiary/aromatic N) is 2. The van der Waals surface area contributed by atoms with Gasteiger partial charge in [-0.3, -0.25) is 9.69 Å². The molecule has 3 N–H and O–H groups in total. The molecule has 1 saturated heterocycles. The van der Waals surface area contributed by atoms with Crippen molar-refractivity contribution in [3.63, 3.8) is 0 Å². The Kier molecular flexibility index (Phi) is 4.99. The summed E-state index contributed by atoms with van der Waals surface area (Å²) in [6, 6.07) is 6.67. The van der Waals surface area contributed by atoms with Gasteiger partial charge in [-0.2, -0.15) is 0 Å². The minimum absolute atomic E-state index is 0.000113. The molecule has 2 aromatic rings. The Morgan fingerprint density at radius 3 is 2.92 bits per heavy atom. The molecule has 6 heteroatoms. The highest BCUT2D eigenvalue weighted by molar-refractivity contribution is 6.04. The van der Waals surface area contributed by atoms with Crippen molar-refractivity contribution in [1.29, 1.82) is 0 Å². The maximum absolute atomic E-state index is 12.7. The van der Waals surface area contributed by atoms with Crippen LogP contribution in [0.5, 0.6) is 0 Å². The standard InChI is InChI=1S/C19H27N5O/c25-19(16-3-1-4-17-18(16)22-13-21-17)23-14-5-7-15(8-6-14)24-11-2-9-20-10-12-24/h1,3-4,13-15,20H,2,5-12H2,(H,21,22)(H,23,25). The molecule has 0 spiro atoms. The van der Waals surface area contributed by atoms with Crippen LogP contribution in [0.1, 0.15) is 42.5 Å². The van der Waals surface area contributed by atoms with Crippen molar-refractivity contribution >= 4 is 16.9 Å². The molecule has 2 fully saturated rings. The van der Waals surface area contributed by atoms with Crippen molar-refractivity contribution < 1.29 is 4.79 Å². The number of rotatable bonds is 3. The second kappa shape index (κ2) is 7.54. The molecule has 0 atom stereocenters. The van der Waals surface area contributed by atoms with Crippen molar-refractivity contribution in [3.8, 4) is 0 Å². The number of imidazole rings is 1. The normalized spacial score (nSPS) is 25.6. The summed E-state index contributed by atoms with van der Waals surface area (Å²) in [6.45, 7) is 4.60. The molecular weight excluding hydrogens is 314 g/mol. The Bertz CT molecular complexity index is 711. The highest BCUT2D eigenvalue weighted by Crippen LogP contribution is 2.24. The lowest BCUT2D eigenvalue weighted by Gasteiger charge is -2.36. The maximum Gasteiger partial charge on any atom is 0.253 e. The van der Waals surface area contributed by atoms with E-state index in [0.717, 1.165) is 43.5 Å². The molecule has 2 aliphatic rings. The fourth-order valence-corrected chi connectivity index (χ4v) is 4.23. The molecule has 0 unspecified atom stereocenters. The van der Waals surface area contributed by atoms with Gasteiger partial charge in [-0.25, -0.2) is 4.98 Å². The first-order chi connectivity index (χ1) is 12.3. The molecule has 4 rings (SSSR count). The number of fused-ring (bicyclic) bond motifs is 1. The third kappa shape index (κ3) is 3.70. The van der Waals surface area contributed by atoms with Crippen LogP contribution in [0.4, 0.5) is 0 Å². The van der Waals surface area contributed by atoms with Gasteiger partial charge < -0.3 is 15.6 Å². The maximum atomic E-state index is 12.7. The highest BCUT2D eigenvalue weighted by Gasteiger charge is 2.27. The van der Waals surface area contributed by atoms with E-state index in [0.29, 0.717) is 11.6 Å². The third-order valence-electron chi connectivity index (χ3n) is 5.62. The fourth-order valence-electron chi connectivity index (χ4n) is 4.23. The molecule has 6 nitrogen and oxygen atoms in total. The summed E-state index contributed by atoms with van der Waals surface area (Å²) in [6.07, 6.45) is 7.37. The van der Waals surface area contributed by atoms with E-state index in [1.54, 1.807) is 6.33 Å². The van der Waals surface area contributed by atoms with E-state index in [2.05, 4.69) is 25.5 Å². The Morgan fingerprint density at radius 2 is 2.04 bits per heavy atom. The molecular formula is C19H27N5O. The van der Waals surface area contributed by atoms with Crippen molar-refractivity contribution in [2.75, 3.05) is 26.2 Å². The van der Waals surface area contributed by atoms with Crippen molar-refractivity contribution in [2.24, 2.45) is 0 Å². The number of benzene rings is 1. The summed E-state index contributed by atoms with van der Waals surface area (Å²) >= 11 is 0. The average molecular weight is 341 g/mol. The number of amides is 1. The summed E-state index contributed by atoms with van der Waals surface area (Å²) < 4.78 is 0. The van der Waals surface area contributed by atoms with Crippen LogP contribution in [-0.4, -0.2) is 59.0 Å². The minimum Gasteiger partial charge on any atom is -0.349 e. The van der Waals surface area contributed by atoms with E-state index in [1.165, 1.54) is 25.8 Å². The monoisotopic (exact) mass is 341 g/mol. The van der Waals surface area contributed by atoms with Crippen LogP contribution in [0.15, 0.2) is 24.5 Å². The van der Waals surface area contributed by atoms with E-state index in [1.807, 2.05) is 18.2 Å². The molecule has 1 amide bonds. The van der Waals surface area contributed by atoms with E-state index >= 15 is 0 Å². The number of H-pyrrole nitrogens is 1. The van der Waals surface area contributed by atoms with Crippen molar-refractivity contribution in [2.45, 2.75) is 44.2 Å². The number of hydrogen-bond acceptors (Lipinski definition) is 4. The van der Waals surface area contributed by atoms with Gasteiger partial charge in [-0.15, -0.1) is 0 Å². The Morgan fingerprint density at radius 1 is 1.16 bits per heavy atom. The molecule has 0 radical (unpaired) electrons. The van der Waals surface area contributed by atoms with Crippen molar-refractivity contribution in [3.05, 3.63) is 30.1 Å². The number of nitrogens with one attached hydrogen (secondary N) is 3. The SMILES string of the molecule is O=C(NC1CCC(N2CCCNCC2)CC1)c1cccc2[nH]cnc12. The summed E-state index contributed by atoms with van der Waals surface area (Å²) in [5, 5.41) is 6.70. The Hall–Kier alpha value is -1.92. The Balaban J connectivity index is 1.34. The zero-order chi connectivity index (χ0) is 17.1. The molecule has 1 aromatic heterocycles. The average Bonchev–Trinajstić information content (AvgIpc) is 2.96. The van der Waals surface area contributed by atoms with Crippen LogP contribution in [0.3, 0.4) is 0 Å². The molecule has 25 heavy (non-hydrogen) atoms. The number of hydrogen-bond donors (Lipinski definition) is 3. The number of carbonyl (C=O) groups is 1. The van der Waals surface area contributed by atoms with E-state index in [9.17, 15) is 4.79 Å². The summed E-state index contributed by atoms with van der Waals surface area (Å²) in [4.78, 5) is 22.7. The first-order valence-corrected chi connectivity index (χ1v) is 9.49. The lowest BCUT2D eigenvalue weighted by atomic mass is 9.89. The fraction of sp³-hybridized carbons (Fsp3) is 0.579. The lowest BCUT2D eigenvalue weighted by Crippen LogP contribution is -2.45. The third-order valence-corrected chi connectivity index (χ3v) is 5.62. The Labute approximate surface area is 148 Å². The van der Waals surface area contributed by atoms with Gasteiger partial charge in [0.2, 0.25) is 0 Å². The quantitative estimate of drug-likeness (QED) is 0.797. The first kappa shape index (κ1) is 16.5. The lowest BCUT2D eigenvalue weighted by molar-refractivity contribution is 0.0907. The topological polar surface area (TPSA) is 73.1 Å². The van der Waals surface area contributed by atoms with Crippen LogP contribution in [0, 0.1) is 0 Å². The second-order valence-corrected chi connectivity index (χ2v) is 7.22. The second-order valence-electron chi connectivity index (χ2n) is 7.22. The smallest absolute Gasteiger partial charge is 0.253 e. The van der Waals surface area contributed by atoms with Gasteiger partial charge in [0.1, 0.15) is 5.52 Å². The van der Waals surface area contributed by atoms with Gasteiger partial charge in [0.05, 0.1) is 17.4 Å². The largest absolute Gasteiger partial charge is 0.349 e. The molecule has 134 valence electrons. The van der Waals surface area contributed by atoms with E-state index < -0.39 is 0 Å². The molecule has 2 heterocycles. The molecule has 1 aliphatic carbocycles. The van der Waals surface area contributed by atoms with Crippen LogP contribution >= 0.6 is 0 Å². The predicted octanol–water partition coefficient (Wildman–Crippen LogP) is 1.90. The van der Waals surface area contributed by atoms with Crippen LogP contribution in [-0.2, 0) is 0 Å². The summed E-state index contributed by atoms with van der Waals surface area (Å²) in [7, 11) is 0.